The molecule has 5 nitrogen and oxygen atoms in total. The quantitative estimate of drug-likeness (QED) is 0.549. The molecule has 10 atom stereocenters. The molecule has 0 radical (unpaired) electrons. The van der Waals surface area contributed by atoms with Crippen LogP contribution in [0.3, 0.4) is 0 Å². The monoisotopic (exact) mass is 467 g/mol. The van der Waals surface area contributed by atoms with Crippen molar-refractivity contribution in [3.63, 3.8) is 0 Å². The van der Waals surface area contributed by atoms with E-state index in [1.165, 1.54) is 57.4 Å². The molecule has 1 aromatic heterocycles. The number of aromatic nitrogens is 1. The number of aromatic carboxylic acids is 1. The van der Waals surface area contributed by atoms with Crippen LogP contribution in [0, 0.1) is 51.8 Å². The molecule has 1 spiro atoms. The lowest BCUT2D eigenvalue weighted by Gasteiger charge is -2.61. The summed E-state index contributed by atoms with van der Waals surface area (Å²) in [4.78, 5) is 15.4. The molecule has 5 saturated carbocycles. The van der Waals surface area contributed by atoms with Gasteiger partial charge >= 0.3 is 5.97 Å². The summed E-state index contributed by atoms with van der Waals surface area (Å²) in [5.74, 6) is 3.86. The third-order valence-corrected chi connectivity index (χ3v) is 12.0. The van der Waals surface area contributed by atoms with Gasteiger partial charge in [0.25, 0.3) is 0 Å². The smallest absolute Gasteiger partial charge is 0.354 e. The highest BCUT2D eigenvalue weighted by atomic mass is 16.5. The summed E-state index contributed by atoms with van der Waals surface area (Å²) in [7, 11) is 1.97. The molecule has 0 aliphatic heterocycles. The van der Waals surface area contributed by atoms with Gasteiger partial charge in [0.15, 0.2) is 5.69 Å². The molecule has 1 N–H and O–H groups in total. The summed E-state index contributed by atoms with van der Waals surface area (Å²) >= 11 is 0. The molecule has 0 saturated heterocycles. The number of carbonyl (C=O) groups is 1. The molecule has 5 fully saturated rings. The van der Waals surface area contributed by atoms with E-state index in [0.29, 0.717) is 46.7 Å². The predicted molar refractivity (Wildman–Crippen MR) is 130 cm³/mol. The Labute approximate surface area is 204 Å². The maximum absolute atomic E-state index is 11.2. The fourth-order valence-corrected chi connectivity index (χ4v) is 10.5. The lowest BCUT2D eigenvalue weighted by molar-refractivity contribution is -0.161. The zero-order valence-corrected chi connectivity index (χ0v) is 21.3. The molecular weight excluding hydrogens is 426 g/mol. The molecule has 34 heavy (non-hydrogen) atoms. The van der Waals surface area contributed by atoms with Crippen LogP contribution in [0.15, 0.2) is 18.2 Å². The summed E-state index contributed by atoms with van der Waals surface area (Å²) in [6, 6.07) is 4.98. The average Bonchev–Trinajstić information content (AvgIpc) is 3.33. The van der Waals surface area contributed by atoms with Crippen LogP contribution in [-0.4, -0.2) is 35.9 Å². The first-order valence-electron chi connectivity index (χ1n) is 13.6. The minimum absolute atomic E-state index is 0.0393. The summed E-state index contributed by atoms with van der Waals surface area (Å²) in [5, 5.41) is 9.22. The third-order valence-electron chi connectivity index (χ3n) is 12.0. The molecule has 1 aromatic rings. The lowest BCUT2D eigenvalue weighted by atomic mass is 9.45. The highest BCUT2D eigenvalue weighted by Gasteiger charge is 2.77. The van der Waals surface area contributed by atoms with Crippen molar-refractivity contribution in [3.05, 3.63) is 23.9 Å². The van der Waals surface area contributed by atoms with E-state index >= 15 is 0 Å². The predicted octanol–water partition coefficient (Wildman–Crippen LogP) is 6.08. The van der Waals surface area contributed by atoms with Crippen molar-refractivity contribution in [1.82, 2.24) is 4.98 Å². The number of carboxylic acid groups (broad SMARTS) is 1. The Bertz CT molecular complexity index is 981. The maximum Gasteiger partial charge on any atom is 0.354 e. The zero-order chi connectivity index (χ0) is 23.9. The van der Waals surface area contributed by atoms with Crippen LogP contribution in [0.2, 0.25) is 0 Å². The number of methoxy groups -OCH3 is 1. The number of hydrogen-bond acceptors (Lipinski definition) is 4. The van der Waals surface area contributed by atoms with Crippen molar-refractivity contribution >= 4 is 5.97 Å². The van der Waals surface area contributed by atoms with Crippen molar-refractivity contribution in [2.24, 2.45) is 51.8 Å². The summed E-state index contributed by atoms with van der Waals surface area (Å²) in [5.41, 5.74) is 1.38. The van der Waals surface area contributed by atoms with Gasteiger partial charge in [0.1, 0.15) is 0 Å². The van der Waals surface area contributed by atoms with E-state index in [-0.39, 0.29) is 5.69 Å². The van der Waals surface area contributed by atoms with Crippen LogP contribution in [0.25, 0.3) is 0 Å². The third kappa shape index (κ3) is 2.94. The van der Waals surface area contributed by atoms with E-state index in [2.05, 4.69) is 25.8 Å². The molecule has 5 heteroatoms. The van der Waals surface area contributed by atoms with Gasteiger partial charge < -0.3 is 14.6 Å². The summed E-state index contributed by atoms with van der Waals surface area (Å²) in [6.07, 6.45) is 11.3. The van der Waals surface area contributed by atoms with Gasteiger partial charge in [-0.1, -0.05) is 26.8 Å². The molecule has 5 aliphatic rings. The van der Waals surface area contributed by atoms with Gasteiger partial charge in [-0.05, 0) is 104 Å². The Morgan fingerprint density at radius 2 is 2.00 bits per heavy atom. The number of carboxylic acids is 1. The first-order chi connectivity index (χ1) is 16.2. The van der Waals surface area contributed by atoms with Crippen LogP contribution in [0.1, 0.15) is 82.6 Å². The maximum atomic E-state index is 11.2. The van der Waals surface area contributed by atoms with E-state index in [1.807, 2.05) is 7.11 Å². The van der Waals surface area contributed by atoms with Crippen LogP contribution in [0.4, 0.5) is 0 Å². The van der Waals surface area contributed by atoms with Gasteiger partial charge in [0.2, 0.25) is 5.88 Å². The minimum Gasteiger partial charge on any atom is -0.477 e. The molecule has 0 aromatic carbocycles. The second-order valence-electron chi connectivity index (χ2n) is 12.9. The highest BCUT2D eigenvalue weighted by molar-refractivity contribution is 5.85. The topological polar surface area (TPSA) is 68.7 Å². The Morgan fingerprint density at radius 3 is 2.74 bits per heavy atom. The first kappa shape index (κ1) is 22.8. The number of fused-ring (bicyclic) bond motifs is 4. The molecule has 2 unspecified atom stereocenters. The van der Waals surface area contributed by atoms with Gasteiger partial charge in [0.05, 0.1) is 12.7 Å². The second-order valence-corrected chi connectivity index (χ2v) is 12.9. The number of ether oxygens (including phenoxy) is 2. The van der Waals surface area contributed by atoms with Crippen LogP contribution in [0.5, 0.6) is 5.88 Å². The molecule has 6 rings (SSSR count). The highest BCUT2D eigenvalue weighted by Crippen LogP contribution is 2.82. The Hall–Kier alpha value is -1.62. The van der Waals surface area contributed by atoms with Crippen LogP contribution < -0.4 is 4.74 Å². The van der Waals surface area contributed by atoms with E-state index in [1.54, 1.807) is 12.1 Å². The fourth-order valence-electron chi connectivity index (χ4n) is 10.5. The van der Waals surface area contributed by atoms with E-state index in [0.717, 1.165) is 23.7 Å². The SMILES string of the molecule is COC1C[C@H]2[C@@H]3CC[C@H]([C@H](C)COc4cccc(C(=O)O)n4)[C@@]3(C)CC[C@@H]2[C@@]2(C)CCC3C[C@]312. The van der Waals surface area contributed by atoms with Crippen LogP contribution in [-0.2, 0) is 4.74 Å². The van der Waals surface area contributed by atoms with Crippen LogP contribution >= 0.6 is 0 Å². The van der Waals surface area contributed by atoms with Gasteiger partial charge in [-0.3, -0.25) is 0 Å². The molecule has 1 heterocycles. The molecule has 0 amide bonds. The van der Waals surface area contributed by atoms with E-state index in [9.17, 15) is 9.90 Å². The minimum atomic E-state index is -1.02. The van der Waals surface area contributed by atoms with Crippen molar-refractivity contribution in [2.45, 2.75) is 78.2 Å². The van der Waals surface area contributed by atoms with Crippen molar-refractivity contribution in [2.75, 3.05) is 13.7 Å². The molecule has 5 aliphatic carbocycles. The van der Waals surface area contributed by atoms with Gasteiger partial charge in [0, 0.05) is 18.6 Å². The van der Waals surface area contributed by atoms with Crippen molar-refractivity contribution in [1.29, 1.82) is 0 Å². The average molecular weight is 468 g/mol. The van der Waals surface area contributed by atoms with E-state index < -0.39 is 5.97 Å². The Balaban J connectivity index is 1.18. The van der Waals surface area contributed by atoms with Gasteiger partial charge in [-0.15, -0.1) is 0 Å². The van der Waals surface area contributed by atoms with Crippen molar-refractivity contribution in [3.8, 4) is 5.88 Å². The zero-order valence-electron chi connectivity index (χ0n) is 21.3. The number of rotatable bonds is 6. The molecule has 0 bridgehead atoms. The van der Waals surface area contributed by atoms with E-state index in [4.69, 9.17) is 9.47 Å². The normalized spacial score (nSPS) is 47.2. The fraction of sp³-hybridized carbons (Fsp3) is 0.793. The molecule has 186 valence electrons. The Kier molecular flexibility index (Phi) is 5.16. The Morgan fingerprint density at radius 1 is 1.18 bits per heavy atom. The standard InChI is InChI=1S/C29H41NO4/c1-17(16-34-25-7-5-6-23(30-25)26(31)32)20-8-9-21-19-14-24(33-4)29-15-18(29)10-13-28(29,3)22(19)11-12-27(20,21)2/h5-7,17-22,24H,8-16H2,1-4H3,(H,31,32)/t17-,18?,19+,20-,21+,22+,24?,27-,28-,29+/m1/s1. The lowest BCUT2D eigenvalue weighted by Crippen LogP contribution is -2.57. The number of hydrogen-bond donors (Lipinski definition) is 1. The number of pyridine rings is 1. The van der Waals surface area contributed by atoms with Gasteiger partial charge in [-0.2, -0.15) is 0 Å². The number of nitrogens with zero attached hydrogens (tertiary/aromatic N) is 1. The largest absolute Gasteiger partial charge is 0.477 e. The summed E-state index contributed by atoms with van der Waals surface area (Å²) in [6.45, 7) is 8.15. The van der Waals surface area contributed by atoms with Crippen molar-refractivity contribution < 1.29 is 19.4 Å². The second kappa shape index (κ2) is 7.69. The molecular formula is C29H41NO4. The first-order valence-corrected chi connectivity index (χ1v) is 13.6. The summed E-state index contributed by atoms with van der Waals surface area (Å²) < 4.78 is 12.3. The van der Waals surface area contributed by atoms with Gasteiger partial charge in [-0.25, -0.2) is 9.78 Å².